The summed E-state index contributed by atoms with van der Waals surface area (Å²) in [6.07, 6.45) is 1.87. The number of piperazine rings is 1. The van der Waals surface area contributed by atoms with Crippen molar-refractivity contribution in [3.8, 4) is 17.5 Å². The number of nitriles is 1. The minimum Gasteiger partial charge on any atom is -0.348 e. The third-order valence-electron chi connectivity index (χ3n) is 6.75. The van der Waals surface area contributed by atoms with Crippen LogP contribution < -0.4 is 5.32 Å². The summed E-state index contributed by atoms with van der Waals surface area (Å²) in [7, 11) is 2.15. The topological polar surface area (TPSA) is 85.4 Å². The standard InChI is InChI=1S/C27H28F2N8/c1-18(20-6-3-5-19(13-20)17-36-11-9-35(2)10-12-36)33-27-32-15-21(14-30)24(34-27)23-16-31-26-22(25(28)29)7-4-8-37(23)26/h3-8,13,15-16,18,25H,9-12,17H2,1-2H3,(H,32,33,34)/t18-/m0/s1. The highest BCUT2D eigenvalue weighted by Crippen LogP contribution is 2.29. The molecule has 1 aliphatic rings. The first-order chi connectivity index (χ1) is 17.9. The van der Waals surface area contributed by atoms with Gasteiger partial charge in [0.25, 0.3) is 6.43 Å². The molecule has 4 aromatic rings. The van der Waals surface area contributed by atoms with E-state index in [0.29, 0.717) is 17.3 Å². The van der Waals surface area contributed by atoms with Gasteiger partial charge in [0.2, 0.25) is 5.95 Å². The zero-order valence-electron chi connectivity index (χ0n) is 20.8. The smallest absolute Gasteiger partial charge is 0.267 e. The van der Waals surface area contributed by atoms with Gasteiger partial charge in [-0.2, -0.15) is 5.26 Å². The van der Waals surface area contributed by atoms with Crippen molar-refractivity contribution in [1.82, 2.24) is 29.2 Å². The molecule has 0 unspecified atom stereocenters. The maximum Gasteiger partial charge on any atom is 0.267 e. The van der Waals surface area contributed by atoms with Crippen LogP contribution in [0.15, 0.2) is 55.0 Å². The van der Waals surface area contributed by atoms with Crippen molar-refractivity contribution in [1.29, 1.82) is 5.26 Å². The largest absolute Gasteiger partial charge is 0.348 e. The molecule has 1 aromatic carbocycles. The summed E-state index contributed by atoms with van der Waals surface area (Å²) in [5.41, 5.74) is 3.31. The molecule has 0 radical (unpaired) electrons. The summed E-state index contributed by atoms with van der Waals surface area (Å²) >= 11 is 0. The van der Waals surface area contributed by atoms with Gasteiger partial charge in [0.05, 0.1) is 35.3 Å². The van der Waals surface area contributed by atoms with Gasteiger partial charge in [-0.05, 0) is 37.2 Å². The van der Waals surface area contributed by atoms with Crippen molar-refractivity contribution in [2.45, 2.75) is 25.9 Å². The zero-order valence-corrected chi connectivity index (χ0v) is 20.8. The Morgan fingerprint density at radius 3 is 2.65 bits per heavy atom. The Morgan fingerprint density at radius 1 is 1.08 bits per heavy atom. The van der Waals surface area contributed by atoms with Gasteiger partial charge >= 0.3 is 0 Å². The lowest BCUT2D eigenvalue weighted by atomic mass is 10.0. The average Bonchev–Trinajstić information content (AvgIpc) is 3.34. The van der Waals surface area contributed by atoms with Crippen LogP contribution in [-0.4, -0.2) is 62.4 Å². The van der Waals surface area contributed by atoms with Gasteiger partial charge in [0.1, 0.15) is 17.4 Å². The predicted octanol–water partition coefficient (Wildman–Crippen LogP) is 4.52. The number of rotatable bonds is 7. The highest BCUT2D eigenvalue weighted by atomic mass is 19.3. The van der Waals surface area contributed by atoms with Crippen LogP contribution in [0.2, 0.25) is 0 Å². The number of benzene rings is 1. The number of likely N-dealkylation sites (N-methyl/N-ethyl adjacent to an activating group) is 1. The van der Waals surface area contributed by atoms with Crippen molar-refractivity contribution in [3.63, 3.8) is 0 Å². The van der Waals surface area contributed by atoms with E-state index in [4.69, 9.17) is 0 Å². The van der Waals surface area contributed by atoms with Gasteiger partial charge in [-0.25, -0.2) is 23.7 Å². The van der Waals surface area contributed by atoms with Crippen LogP contribution >= 0.6 is 0 Å². The number of nitrogens with zero attached hydrogens (tertiary/aromatic N) is 7. The van der Waals surface area contributed by atoms with E-state index in [1.807, 2.05) is 6.92 Å². The average molecular weight is 503 g/mol. The van der Waals surface area contributed by atoms with E-state index in [0.717, 1.165) is 38.3 Å². The summed E-state index contributed by atoms with van der Waals surface area (Å²) in [4.78, 5) is 17.9. The molecule has 0 bridgehead atoms. The second kappa shape index (κ2) is 10.6. The quantitative estimate of drug-likeness (QED) is 0.398. The Morgan fingerprint density at radius 2 is 1.89 bits per heavy atom. The van der Waals surface area contributed by atoms with Crippen LogP contribution in [0.25, 0.3) is 17.0 Å². The Bertz CT molecular complexity index is 1440. The molecule has 1 fully saturated rings. The van der Waals surface area contributed by atoms with Gasteiger partial charge in [-0.1, -0.05) is 24.3 Å². The maximum atomic E-state index is 13.5. The number of anilines is 1. The molecule has 1 aliphatic heterocycles. The second-order valence-electron chi connectivity index (χ2n) is 9.36. The Hall–Kier alpha value is -3.94. The number of hydrogen-bond acceptors (Lipinski definition) is 7. The molecule has 4 heterocycles. The molecule has 3 aromatic heterocycles. The highest BCUT2D eigenvalue weighted by Gasteiger charge is 2.20. The number of imidazole rings is 1. The van der Waals surface area contributed by atoms with Crippen LogP contribution in [0.5, 0.6) is 0 Å². The molecule has 0 aliphatic carbocycles. The normalized spacial score (nSPS) is 15.7. The minimum atomic E-state index is -2.66. The molecule has 0 spiro atoms. The van der Waals surface area contributed by atoms with Crippen molar-refractivity contribution in [2.24, 2.45) is 0 Å². The summed E-state index contributed by atoms with van der Waals surface area (Å²) in [6.45, 7) is 7.19. The van der Waals surface area contributed by atoms with Crippen LogP contribution in [0.4, 0.5) is 14.7 Å². The van der Waals surface area contributed by atoms with Gasteiger partial charge in [0, 0.05) is 38.9 Å². The number of pyridine rings is 1. The first-order valence-corrected chi connectivity index (χ1v) is 12.2. The lowest BCUT2D eigenvalue weighted by molar-refractivity contribution is 0.148. The van der Waals surface area contributed by atoms with Crippen molar-refractivity contribution < 1.29 is 8.78 Å². The summed E-state index contributed by atoms with van der Waals surface area (Å²) < 4.78 is 28.4. The van der Waals surface area contributed by atoms with Crippen LogP contribution in [0.3, 0.4) is 0 Å². The lowest BCUT2D eigenvalue weighted by Crippen LogP contribution is -2.43. The van der Waals surface area contributed by atoms with E-state index in [1.54, 1.807) is 6.20 Å². The molecule has 1 N–H and O–H groups in total. The summed E-state index contributed by atoms with van der Waals surface area (Å²) in [5, 5.41) is 13.0. The monoisotopic (exact) mass is 502 g/mol. The molecular weight excluding hydrogens is 474 g/mol. The summed E-state index contributed by atoms with van der Waals surface area (Å²) in [6, 6.07) is 13.3. The minimum absolute atomic E-state index is 0.0964. The molecule has 8 nitrogen and oxygen atoms in total. The first-order valence-electron chi connectivity index (χ1n) is 12.2. The molecule has 5 rings (SSSR count). The van der Waals surface area contributed by atoms with Crippen molar-refractivity contribution in [3.05, 3.63) is 77.2 Å². The number of fused-ring (bicyclic) bond motifs is 1. The molecular formula is C27H28F2N8. The van der Waals surface area contributed by atoms with Crippen LogP contribution in [0, 0.1) is 11.3 Å². The van der Waals surface area contributed by atoms with E-state index >= 15 is 0 Å². The fraction of sp³-hybridized carbons (Fsp3) is 0.333. The summed E-state index contributed by atoms with van der Waals surface area (Å²) in [5.74, 6) is 0.339. The molecule has 190 valence electrons. The van der Waals surface area contributed by atoms with Crippen molar-refractivity contribution >= 4 is 11.6 Å². The zero-order chi connectivity index (χ0) is 25.9. The van der Waals surface area contributed by atoms with E-state index in [1.165, 1.54) is 34.5 Å². The fourth-order valence-electron chi connectivity index (χ4n) is 4.61. The number of nitrogens with one attached hydrogen (secondary N) is 1. The van der Waals surface area contributed by atoms with Gasteiger partial charge in [-0.15, -0.1) is 0 Å². The predicted molar refractivity (Wildman–Crippen MR) is 137 cm³/mol. The van der Waals surface area contributed by atoms with E-state index < -0.39 is 6.43 Å². The molecule has 0 amide bonds. The maximum absolute atomic E-state index is 13.5. The lowest BCUT2D eigenvalue weighted by Gasteiger charge is -2.32. The first kappa shape index (κ1) is 24.7. The highest BCUT2D eigenvalue weighted by molar-refractivity contribution is 5.68. The second-order valence-corrected chi connectivity index (χ2v) is 9.36. The molecule has 0 saturated carbocycles. The molecule has 1 saturated heterocycles. The number of alkyl halides is 2. The van der Waals surface area contributed by atoms with E-state index in [-0.39, 0.29) is 22.8 Å². The number of hydrogen-bond donors (Lipinski definition) is 1. The van der Waals surface area contributed by atoms with Gasteiger partial charge in [0.15, 0.2) is 0 Å². The van der Waals surface area contributed by atoms with Crippen molar-refractivity contribution in [2.75, 3.05) is 38.5 Å². The number of halogens is 2. The Balaban J connectivity index is 1.38. The SMILES string of the molecule is C[C@H](Nc1ncc(C#N)c(-c2cnc3c(C(F)F)cccn23)n1)c1cccc(CN2CCN(C)CC2)c1. The van der Waals surface area contributed by atoms with E-state index in [2.05, 4.69) is 67.5 Å². The fourth-order valence-corrected chi connectivity index (χ4v) is 4.61. The third kappa shape index (κ3) is 5.28. The molecule has 1 atom stereocenters. The third-order valence-corrected chi connectivity index (χ3v) is 6.75. The molecule has 37 heavy (non-hydrogen) atoms. The Kier molecular flexibility index (Phi) is 7.08. The number of aromatic nitrogens is 4. The molecule has 10 heteroatoms. The van der Waals surface area contributed by atoms with Crippen LogP contribution in [0.1, 0.15) is 41.6 Å². The van der Waals surface area contributed by atoms with Gasteiger partial charge < -0.3 is 10.2 Å². The van der Waals surface area contributed by atoms with E-state index in [9.17, 15) is 14.0 Å². The van der Waals surface area contributed by atoms with Crippen LogP contribution in [-0.2, 0) is 6.54 Å². The van der Waals surface area contributed by atoms with Gasteiger partial charge in [-0.3, -0.25) is 9.30 Å². The Labute approximate surface area is 214 Å².